The topological polar surface area (TPSA) is 29.1 Å². The SMILES string of the molecule is CCC(Cl)CNC(=O)c1c(C)cccc1C. The maximum Gasteiger partial charge on any atom is 0.251 e. The molecule has 1 aromatic carbocycles. The molecule has 1 amide bonds. The zero-order chi connectivity index (χ0) is 12.1. The second-order valence-electron chi connectivity index (χ2n) is 3.98. The number of halogens is 1. The maximum atomic E-state index is 11.9. The molecule has 1 atom stereocenters. The number of carbonyl (C=O) groups is 1. The molecule has 1 rings (SSSR count). The Morgan fingerprint density at radius 3 is 2.44 bits per heavy atom. The minimum Gasteiger partial charge on any atom is -0.351 e. The van der Waals surface area contributed by atoms with Crippen LogP contribution in [-0.2, 0) is 0 Å². The van der Waals surface area contributed by atoms with Crippen LogP contribution >= 0.6 is 11.6 Å². The van der Waals surface area contributed by atoms with Gasteiger partial charge in [-0.2, -0.15) is 0 Å². The smallest absolute Gasteiger partial charge is 0.251 e. The molecule has 3 heteroatoms. The van der Waals surface area contributed by atoms with Crippen LogP contribution in [0.5, 0.6) is 0 Å². The van der Waals surface area contributed by atoms with Crippen molar-refractivity contribution in [1.82, 2.24) is 5.32 Å². The molecule has 0 bridgehead atoms. The van der Waals surface area contributed by atoms with E-state index in [-0.39, 0.29) is 11.3 Å². The predicted molar refractivity (Wildman–Crippen MR) is 68.2 cm³/mol. The molecule has 0 fully saturated rings. The van der Waals surface area contributed by atoms with Gasteiger partial charge in [0.05, 0.1) is 5.38 Å². The molecule has 1 N–H and O–H groups in total. The fraction of sp³-hybridized carbons (Fsp3) is 0.462. The van der Waals surface area contributed by atoms with Crippen LogP contribution in [0.2, 0.25) is 0 Å². The van der Waals surface area contributed by atoms with Crippen LogP contribution in [-0.4, -0.2) is 17.8 Å². The monoisotopic (exact) mass is 239 g/mol. The second-order valence-corrected chi connectivity index (χ2v) is 4.60. The Balaban J connectivity index is 2.73. The number of alkyl halides is 1. The highest BCUT2D eigenvalue weighted by molar-refractivity contribution is 6.20. The van der Waals surface area contributed by atoms with Gasteiger partial charge in [0.25, 0.3) is 5.91 Å². The lowest BCUT2D eigenvalue weighted by atomic mass is 10.0. The molecular weight excluding hydrogens is 222 g/mol. The molecule has 1 unspecified atom stereocenters. The van der Waals surface area contributed by atoms with Crippen molar-refractivity contribution in [2.24, 2.45) is 0 Å². The summed E-state index contributed by atoms with van der Waals surface area (Å²) in [6.45, 7) is 6.41. The van der Waals surface area contributed by atoms with Crippen LogP contribution in [0.1, 0.15) is 34.8 Å². The van der Waals surface area contributed by atoms with Crippen molar-refractivity contribution in [1.29, 1.82) is 0 Å². The summed E-state index contributed by atoms with van der Waals surface area (Å²) in [5.41, 5.74) is 2.77. The molecule has 0 aliphatic carbocycles. The number of hydrogen-bond acceptors (Lipinski definition) is 1. The molecule has 88 valence electrons. The molecule has 0 aliphatic rings. The predicted octanol–water partition coefficient (Wildman–Crippen LogP) is 3.05. The van der Waals surface area contributed by atoms with Crippen LogP contribution in [0.4, 0.5) is 0 Å². The van der Waals surface area contributed by atoms with E-state index in [4.69, 9.17) is 11.6 Å². The van der Waals surface area contributed by atoms with Gasteiger partial charge in [-0.1, -0.05) is 25.1 Å². The summed E-state index contributed by atoms with van der Waals surface area (Å²) in [7, 11) is 0. The molecule has 0 saturated carbocycles. The van der Waals surface area contributed by atoms with Gasteiger partial charge >= 0.3 is 0 Å². The second kappa shape index (κ2) is 5.90. The first-order valence-electron chi connectivity index (χ1n) is 5.54. The van der Waals surface area contributed by atoms with Crippen LogP contribution < -0.4 is 5.32 Å². The zero-order valence-corrected chi connectivity index (χ0v) is 10.8. The van der Waals surface area contributed by atoms with E-state index in [1.54, 1.807) is 0 Å². The van der Waals surface area contributed by atoms with E-state index in [0.29, 0.717) is 6.54 Å². The average molecular weight is 240 g/mol. The van der Waals surface area contributed by atoms with Crippen molar-refractivity contribution in [3.05, 3.63) is 34.9 Å². The largest absolute Gasteiger partial charge is 0.351 e. The van der Waals surface area contributed by atoms with Crippen molar-refractivity contribution >= 4 is 17.5 Å². The fourth-order valence-corrected chi connectivity index (χ4v) is 1.69. The molecule has 2 nitrogen and oxygen atoms in total. The third-order valence-corrected chi connectivity index (χ3v) is 3.10. The maximum absolute atomic E-state index is 11.9. The van der Waals surface area contributed by atoms with Gasteiger partial charge in [0, 0.05) is 12.1 Å². The Hall–Kier alpha value is -1.02. The molecule has 0 radical (unpaired) electrons. The normalized spacial score (nSPS) is 12.2. The minimum absolute atomic E-state index is 0.00766. The summed E-state index contributed by atoms with van der Waals surface area (Å²) in [6, 6.07) is 5.84. The van der Waals surface area contributed by atoms with E-state index < -0.39 is 0 Å². The van der Waals surface area contributed by atoms with Crippen LogP contribution in [0.3, 0.4) is 0 Å². The van der Waals surface area contributed by atoms with Gasteiger partial charge in [0.15, 0.2) is 0 Å². The van der Waals surface area contributed by atoms with Crippen molar-refractivity contribution in [2.75, 3.05) is 6.54 Å². The summed E-state index contributed by atoms with van der Waals surface area (Å²) in [6.07, 6.45) is 0.856. The first kappa shape index (κ1) is 13.0. The number of benzene rings is 1. The molecule has 16 heavy (non-hydrogen) atoms. The summed E-state index contributed by atoms with van der Waals surface area (Å²) in [4.78, 5) is 11.9. The number of rotatable bonds is 4. The first-order valence-corrected chi connectivity index (χ1v) is 5.98. The minimum atomic E-state index is -0.0327. The summed E-state index contributed by atoms with van der Waals surface area (Å²) in [5, 5.41) is 2.87. The van der Waals surface area contributed by atoms with Crippen molar-refractivity contribution in [3.63, 3.8) is 0 Å². The average Bonchev–Trinajstić information content (AvgIpc) is 2.25. The Labute approximate surface area is 102 Å². The van der Waals surface area contributed by atoms with Gasteiger partial charge < -0.3 is 5.32 Å². The van der Waals surface area contributed by atoms with Crippen LogP contribution in [0.25, 0.3) is 0 Å². The van der Waals surface area contributed by atoms with Crippen LogP contribution in [0, 0.1) is 13.8 Å². The zero-order valence-electron chi connectivity index (χ0n) is 10.0. The number of carbonyl (C=O) groups excluding carboxylic acids is 1. The lowest BCUT2D eigenvalue weighted by Crippen LogP contribution is -2.30. The third kappa shape index (κ3) is 3.24. The van der Waals surface area contributed by atoms with Crippen molar-refractivity contribution in [3.8, 4) is 0 Å². The first-order chi connectivity index (χ1) is 7.56. The molecular formula is C13H18ClNO. The summed E-state index contributed by atoms with van der Waals surface area (Å²) < 4.78 is 0. The van der Waals surface area contributed by atoms with Crippen molar-refractivity contribution < 1.29 is 4.79 Å². The van der Waals surface area contributed by atoms with E-state index in [2.05, 4.69) is 5.32 Å². The lowest BCUT2D eigenvalue weighted by molar-refractivity contribution is 0.0952. The number of amides is 1. The molecule has 0 spiro atoms. The standard InChI is InChI=1S/C13H18ClNO/c1-4-11(14)8-15-13(16)12-9(2)6-5-7-10(12)3/h5-7,11H,4,8H2,1-3H3,(H,15,16). The van der Waals surface area contributed by atoms with Crippen LogP contribution in [0.15, 0.2) is 18.2 Å². The summed E-state index contributed by atoms with van der Waals surface area (Å²) in [5.74, 6) is -0.0327. The van der Waals surface area contributed by atoms with Crippen molar-refractivity contribution in [2.45, 2.75) is 32.6 Å². The van der Waals surface area contributed by atoms with Gasteiger partial charge in [0.1, 0.15) is 0 Å². The van der Waals surface area contributed by atoms with Gasteiger partial charge in [-0.3, -0.25) is 4.79 Å². The van der Waals surface area contributed by atoms with E-state index in [0.717, 1.165) is 23.1 Å². The Morgan fingerprint density at radius 1 is 1.38 bits per heavy atom. The Kier molecular flexibility index (Phi) is 4.81. The molecule has 1 aromatic rings. The number of aryl methyl sites for hydroxylation is 2. The quantitative estimate of drug-likeness (QED) is 0.804. The lowest BCUT2D eigenvalue weighted by Gasteiger charge is -2.12. The van der Waals surface area contributed by atoms with E-state index in [9.17, 15) is 4.79 Å². The molecule has 0 aromatic heterocycles. The molecule has 0 saturated heterocycles. The highest BCUT2D eigenvalue weighted by Crippen LogP contribution is 2.13. The third-order valence-electron chi connectivity index (χ3n) is 2.64. The highest BCUT2D eigenvalue weighted by Gasteiger charge is 2.12. The van der Waals surface area contributed by atoms with Gasteiger partial charge in [-0.05, 0) is 31.4 Å². The van der Waals surface area contributed by atoms with Gasteiger partial charge in [-0.25, -0.2) is 0 Å². The molecule has 0 aliphatic heterocycles. The van der Waals surface area contributed by atoms with Gasteiger partial charge in [-0.15, -0.1) is 11.6 Å². The van der Waals surface area contributed by atoms with E-state index in [1.807, 2.05) is 39.0 Å². The van der Waals surface area contributed by atoms with E-state index in [1.165, 1.54) is 0 Å². The fourth-order valence-electron chi connectivity index (χ4n) is 1.61. The molecule has 0 heterocycles. The van der Waals surface area contributed by atoms with E-state index >= 15 is 0 Å². The highest BCUT2D eigenvalue weighted by atomic mass is 35.5. The number of hydrogen-bond donors (Lipinski definition) is 1. The summed E-state index contributed by atoms with van der Waals surface area (Å²) >= 11 is 5.96. The Morgan fingerprint density at radius 2 is 1.94 bits per heavy atom. The Bertz CT molecular complexity index is 356. The number of nitrogens with one attached hydrogen (secondary N) is 1. The van der Waals surface area contributed by atoms with Gasteiger partial charge in [0.2, 0.25) is 0 Å².